The smallest absolute Gasteiger partial charge is 0.327 e. The van der Waals surface area contributed by atoms with Gasteiger partial charge in [-0.2, -0.15) is 0 Å². The van der Waals surface area contributed by atoms with Crippen LogP contribution in [0, 0.1) is 0 Å². The van der Waals surface area contributed by atoms with Gasteiger partial charge in [0.1, 0.15) is 23.5 Å². The number of benzene rings is 3. The number of anilines is 1. The van der Waals surface area contributed by atoms with E-state index in [2.05, 4.69) is 16.0 Å². The third kappa shape index (κ3) is 7.11. The molecule has 0 radical (unpaired) electrons. The zero-order chi connectivity index (χ0) is 35.6. The molecule has 2 saturated heterocycles. The number of amides is 4. The van der Waals surface area contributed by atoms with Crippen LogP contribution < -0.4 is 25.4 Å². The van der Waals surface area contributed by atoms with Crippen LogP contribution in [0.15, 0.2) is 72.8 Å². The number of aliphatic carboxylic acids is 1. The van der Waals surface area contributed by atoms with E-state index in [1.165, 1.54) is 47.0 Å². The summed E-state index contributed by atoms with van der Waals surface area (Å²) in [6, 6.07) is 15.0. The van der Waals surface area contributed by atoms with E-state index >= 15 is 0 Å². The summed E-state index contributed by atoms with van der Waals surface area (Å²) in [6.07, 6.45) is 0. The zero-order valence-corrected chi connectivity index (χ0v) is 27.5. The molecule has 254 valence electrons. The third-order valence-corrected chi connectivity index (χ3v) is 9.36. The fourth-order valence-corrected chi connectivity index (χ4v) is 7.32. The standard InChI is InChI=1S/C34H32N4O10S/c1-17(39)47-23-16-10-14-21(26(23)48-18(2)40)29(42)35-22-15-9-8-13-20(22)28(41)36-24(19-11-6-5-7-12-19)30(43)37-25-31(44)38-27(33(45)46)34(3,4)49-32(25)38/h5-16,24-25,27,32H,1-4H3,(H,35,42)(H,36,41)(H,37,43)(H,45,46). The van der Waals surface area contributed by atoms with E-state index in [0.29, 0.717) is 5.56 Å². The number of rotatable bonds is 10. The average Bonchev–Trinajstić information content (AvgIpc) is 3.30. The fourth-order valence-electron chi connectivity index (χ4n) is 5.70. The van der Waals surface area contributed by atoms with Gasteiger partial charge < -0.3 is 35.4 Å². The average molecular weight is 689 g/mol. The maximum Gasteiger partial charge on any atom is 0.327 e. The first-order valence-electron chi connectivity index (χ1n) is 15.0. The summed E-state index contributed by atoms with van der Waals surface area (Å²) >= 11 is 1.27. The Balaban J connectivity index is 1.38. The number of carboxylic acids is 1. The molecular formula is C34H32N4O10S. The molecule has 0 saturated carbocycles. The van der Waals surface area contributed by atoms with Gasteiger partial charge in [0.25, 0.3) is 11.8 Å². The molecule has 0 bridgehead atoms. The number of esters is 2. The molecule has 4 unspecified atom stereocenters. The molecular weight excluding hydrogens is 656 g/mol. The monoisotopic (exact) mass is 688 g/mol. The lowest BCUT2D eigenvalue weighted by Crippen LogP contribution is -2.71. The van der Waals surface area contributed by atoms with Crippen molar-refractivity contribution in [2.24, 2.45) is 0 Å². The number of ether oxygens (including phenoxy) is 2. The van der Waals surface area contributed by atoms with Crippen molar-refractivity contribution in [3.8, 4) is 11.5 Å². The van der Waals surface area contributed by atoms with Crippen molar-refractivity contribution in [1.29, 1.82) is 0 Å². The van der Waals surface area contributed by atoms with Crippen LogP contribution in [0.3, 0.4) is 0 Å². The Labute approximate surface area is 284 Å². The first kappa shape index (κ1) is 34.6. The second-order valence-corrected chi connectivity index (χ2v) is 13.5. The van der Waals surface area contributed by atoms with Crippen LogP contribution in [0.2, 0.25) is 0 Å². The lowest BCUT2D eigenvalue weighted by Gasteiger charge is -2.44. The van der Waals surface area contributed by atoms with Crippen molar-refractivity contribution in [3.05, 3.63) is 89.5 Å². The molecule has 14 nitrogen and oxygen atoms in total. The summed E-state index contributed by atoms with van der Waals surface area (Å²) in [7, 11) is 0. The lowest BCUT2D eigenvalue weighted by atomic mass is 9.95. The molecule has 5 rings (SSSR count). The molecule has 0 aromatic heterocycles. The summed E-state index contributed by atoms with van der Waals surface area (Å²) in [5, 5.41) is 17.1. The Bertz CT molecular complexity index is 1860. The SMILES string of the molecule is CC(=O)Oc1cccc(C(=O)Nc2ccccc2C(=O)NC(C(=O)NC2C(=O)N3C2SC(C)(C)C3C(=O)O)c2ccccc2)c1OC(C)=O. The number of para-hydroxylation sites is 2. The van der Waals surface area contributed by atoms with E-state index in [1.54, 1.807) is 56.3 Å². The molecule has 2 fully saturated rings. The molecule has 0 spiro atoms. The molecule has 2 aliphatic heterocycles. The van der Waals surface area contributed by atoms with Crippen LogP contribution in [0.4, 0.5) is 5.69 Å². The van der Waals surface area contributed by atoms with Gasteiger partial charge in [-0.1, -0.05) is 48.5 Å². The molecule has 3 aromatic rings. The van der Waals surface area contributed by atoms with Crippen molar-refractivity contribution >= 4 is 59.0 Å². The van der Waals surface area contributed by atoms with Crippen LogP contribution in [-0.2, 0) is 24.0 Å². The molecule has 4 atom stereocenters. The highest BCUT2D eigenvalue weighted by Gasteiger charge is 2.64. The number of thioether (sulfide) groups is 1. The van der Waals surface area contributed by atoms with Crippen LogP contribution in [0.5, 0.6) is 11.5 Å². The van der Waals surface area contributed by atoms with Gasteiger partial charge in [0, 0.05) is 18.6 Å². The Morgan fingerprint density at radius 1 is 0.837 bits per heavy atom. The number of β-lactam (4-membered cyclic amide) rings is 1. The van der Waals surface area contributed by atoms with E-state index in [-0.39, 0.29) is 28.3 Å². The van der Waals surface area contributed by atoms with Crippen LogP contribution in [0.25, 0.3) is 0 Å². The highest BCUT2D eigenvalue weighted by atomic mass is 32.2. The number of carbonyl (C=O) groups excluding carboxylic acids is 6. The predicted molar refractivity (Wildman–Crippen MR) is 176 cm³/mol. The van der Waals surface area contributed by atoms with E-state index in [0.717, 1.165) is 13.8 Å². The van der Waals surface area contributed by atoms with Gasteiger partial charge in [0.05, 0.1) is 16.8 Å². The van der Waals surface area contributed by atoms with Gasteiger partial charge in [0.15, 0.2) is 11.5 Å². The first-order valence-corrected chi connectivity index (χ1v) is 15.9. The van der Waals surface area contributed by atoms with Crippen LogP contribution in [-0.4, -0.2) is 73.7 Å². The van der Waals surface area contributed by atoms with Gasteiger partial charge in [-0.05, 0) is 43.7 Å². The first-order chi connectivity index (χ1) is 23.2. The van der Waals surface area contributed by atoms with Gasteiger partial charge in [-0.3, -0.25) is 28.8 Å². The maximum atomic E-state index is 13.8. The van der Waals surface area contributed by atoms with E-state index in [9.17, 15) is 38.7 Å². The molecule has 49 heavy (non-hydrogen) atoms. The quantitative estimate of drug-likeness (QED) is 0.139. The Hall–Kier alpha value is -5.70. The minimum Gasteiger partial charge on any atom is -0.480 e. The topological polar surface area (TPSA) is 198 Å². The van der Waals surface area contributed by atoms with Crippen LogP contribution in [0.1, 0.15) is 60.0 Å². The molecule has 15 heteroatoms. The highest BCUT2D eigenvalue weighted by molar-refractivity contribution is 8.01. The predicted octanol–water partition coefficient (Wildman–Crippen LogP) is 2.89. The van der Waals surface area contributed by atoms with Crippen molar-refractivity contribution in [3.63, 3.8) is 0 Å². The second kappa shape index (κ2) is 13.8. The maximum absolute atomic E-state index is 13.8. The summed E-state index contributed by atoms with van der Waals surface area (Å²) in [5.74, 6) is -5.88. The molecule has 4 amide bonds. The van der Waals surface area contributed by atoms with E-state index in [4.69, 9.17) is 9.47 Å². The van der Waals surface area contributed by atoms with E-state index in [1.807, 2.05) is 0 Å². The van der Waals surface area contributed by atoms with Crippen molar-refractivity contribution in [2.45, 2.75) is 55.9 Å². The summed E-state index contributed by atoms with van der Waals surface area (Å²) < 4.78 is 9.50. The third-order valence-electron chi connectivity index (χ3n) is 7.79. The molecule has 4 N–H and O–H groups in total. The van der Waals surface area contributed by atoms with Crippen molar-refractivity contribution in [1.82, 2.24) is 15.5 Å². The molecule has 0 aliphatic carbocycles. The lowest BCUT2D eigenvalue weighted by molar-refractivity contribution is -0.161. The van der Waals surface area contributed by atoms with Crippen LogP contribution >= 0.6 is 11.8 Å². The number of nitrogens with one attached hydrogen (secondary N) is 3. The van der Waals surface area contributed by atoms with E-state index < -0.39 is 69.8 Å². The number of carbonyl (C=O) groups is 7. The minimum atomic E-state index is -1.29. The number of hydrogen-bond acceptors (Lipinski definition) is 10. The summed E-state index contributed by atoms with van der Waals surface area (Å²) in [6.45, 7) is 5.70. The Morgan fingerprint density at radius 2 is 1.47 bits per heavy atom. The molecule has 2 aliphatic rings. The Morgan fingerprint density at radius 3 is 2.12 bits per heavy atom. The summed E-state index contributed by atoms with van der Waals surface area (Å²) in [4.78, 5) is 90.6. The van der Waals surface area contributed by atoms with Crippen molar-refractivity contribution < 1.29 is 48.1 Å². The van der Waals surface area contributed by atoms with Gasteiger partial charge in [-0.25, -0.2) is 4.79 Å². The number of nitrogens with zero attached hydrogens (tertiary/aromatic N) is 1. The fraction of sp³-hybridized carbons (Fsp3) is 0.265. The van der Waals surface area contributed by atoms with Crippen molar-refractivity contribution in [2.75, 3.05) is 5.32 Å². The van der Waals surface area contributed by atoms with Gasteiger partial charge in [0.2, 0.25) is 11.8 Å². The number of carboxylic acid groups (broad SMARTS) is 1. The van der Waals surface area contributed by atoms with Gasteiger partial charge in [-0.15, -0.1) is 11.8 Å². The second-order valence-electron chi connectivity index (χ2n) is 11.7. The summed E-state index contributed by atoms with van der Waals surface area (Å²) in [5.41, 5.74) is 0.244. The molecule has 2 heterocycles. The number of hydrogen-bond donors (Lipinski definition) is 4. The normalized spacial score (nSPS) is 19.4. The minimum absolute atomic E-state index is 0.0296. The highest BCUT2D eigenvalue weighted by Crippen LogP contribution is 2.50. The number of fused-ring (bicyclic) bond motifs is 1. The molecule has 3 aromatic carbocycles. The Kier molecular flexibility index (Phi) is 9.75. The van der Waals surface area contributed by atoms with Gasteiger partial charge >= 0.3 is 17.9 Å². The zero-order valence-electron chi connectivity index (χ0n) is 26.7. The largest absolute Gasteiger partial charge is 0.480 e.